The number of nitrogens with one attached hydrogen (secondary N) is 2. The molecule has 0 saturated carbocycles. The largest absolute Gasteiger partial charge is 0.369 e. The fraction of sp³-hybridized carbons (Fsp3) is 0.333. The lowest BCUT2D eigenvalue weighted by atomic mass is 10.0. The van der Waals surface area contributed by atoms with E-state index in [1.54, 1.807) is 6.33 Å². The quantitative estimate of drug-likeness (QED) is 0.841. The molecule has 0 bridgehead atoms. The summed E-state index contributed by atoms with van der Waals surface area (Å²) in [5.41, 5.74) is 1.32. The predicted octanol–water partition coefficient (Wildman–Crippen LogP) is 3.89. The zero-order chi connectivity index (χ0) is 14.4. The Bertz CT molecular complexity index is 545. The van der Waals surface area contributed by atoms with Gasteiger partial charge in [0.15, 0.2) is 0 Å². The molecule has 5 heteroatoms. The zero-order valence-corrected chi connectivity index (χ0v) is 13.3. The lowest BCUT2D eigenvalue weighted by Gasteiger charge is -2.15. The minimum atomic E-state index is 0.417. The molecule has 1 aromatic carbocycles. The van der Waals surface area contributed by atoms with Crippen molar-refractivity contribution in [3.63, 3.8) is 0 Å². The summed E-state index contributed by atoms with van der Waals surface area (Å²) < 4.78 is 0.877. The first-order chi connectivity index (χ1) is 9.72. The molecule has 106 valence electrons. The monoisotopic (exact) mass is 334 g/mol. The molecule has 0 aliphatic heterocycles. The van der Waals surface area contributed by atoms with Crippen LogP contribution in [0.4, 0.5) is 11.6 Å². The van der Waals surface area contributed by atoms with Crippen molar-refractivity contribution >= 4 is 27.6 Å². The van der Waals surface area contributed by atoms with E-state index >= 15 is 0 Å². The Hall–Kier alpha value is -1.62. The number of nitrogens with zero attached hydrogens (tertiary/aromatic N) is 2. The van der Waals surface area contributed by atoms with Crippen LogP contribution in [0, 0.1) is 0 Å². The van der Waals surface area contributed by atoms with E-state index in [0.29, 0.717) is 5.92 Å². The highest BCUT2D eigenvalue weighted by Crippen LogP contribution is 2.27. The normalized spacial score (nSPS) is 11.9. The number of rotatable bonds is 6. The van der Waals surface area contributed by atoms with Gasteiger partial charge in [0.2, 0.25) is 0 Å². The Labute approximate surface area is 128 Å². The molecule has 1 atom stereocenters. The summed E-state index contributed by atoms with van der Waals surface area (Å²) >= 11 is 3.54. The van der Waals surface area contributed by atoms with E-state index in [-0.39, 0.29) is 0 Å². The fourth-order valence-electron chi connectivity index (χ4n) is 1.93. The van der Waals surface area contributed by atoms with Gasteiger partial charge >= 0.3 is 0 Å². The average molecular weight is 335 g/mol. The Morgan fingerprint density at radius 3 is 2.40 bits per heavy atom. The van der Waals surface area contributed by atoms with Crippen LogP contribution in [0.25, 0.3) is 0 Å². The maximum atomic E-state index is 4.28. The lowest BCUT2D eigenvalue weighted by Crippen LogP contribution is -2.12. The summed E-state index contributed by atoms with van der Waals surface area (Å²) in [5, 5.41) is 6.57. The van der Waals surface area contributed by atoms with E-state index in [1.165, 1.54) is 5.56 Å². The second-order valence-corrected chi connectivity index (χ2v) is 5.40. The molecule has 4 nitrogen and oxygen atoms in total. The van der Waals surface area contributed by atoms with Gasteiger partial charge in [0.25, 0.3) is 0 Å². The molecule has 2 aromatic rings. The lowest BCUT2D eigenvalue weighted by molar-refractivity contribution is 0.800. The van der Waals surface area contributed by atoms with E-state index in [2.05, 4.69) is 67.7 Å². The number of hydrogen-bond acceptors (Lipinski definition) is 4. The SMILES string of the molecule is CCNc1ncnc(NCC(C)c2ccccc2)c1Br. The molecule has 0 fully saturated rings. The van der Waals surface area contributed by atoms with Crippen molar-refractivity contribution in [3.8, 4) is 0 Å². The first-order valence-electron chi connectivity index (χ1n) is 6.75. The van der Waals surface area contributed by atoms with Crippen LogP contribution >= 0.6 is 15.9 Å². The van der Waals surface area contributed by atoms with Crippen molar-refractivity contribution in [2.75, 3.05) is 23.7 Å². The van der Waals surface area contributed by atoms with Gasteiger partial charge in [0, 0.05) is 13.1 Å². The Kier molecular flexibility index (Phi) is 5.35. The molecule has 0 saturated heterocycles. The van der Waals surface area contributed by atoms with E-state index in [4.69, 9.17) is 0 Å². The van der Waals surface area contributed by atoms with Gasteiger partial charge in [-0.3, -0.25) is 0 Å². The van der Waals surface area contributed by atoms with Crippen LogP contribution in [-0.2, 0) is 0 Å². The summed E-state index contributed by atoms with van der Waals surface area (Å²) in [4.78, 5) is 8.48. The van der Waals surface area contributed by atoms with Gasteiger partial charge < -0.3 is 10.6 Å². The average Bonchev–Trinajstić information content (AvgIpc) is 2.49. The summed E-state index contributed by atoms with van der Waals surface area (Å²) in [7, 11) is 0. The minimum absolute atomic E-state index is 0.417. The smallest absolute Gasteiger partial charge is 0.145 e. The second kappa shape index (κ2) is 7.24. The number of aromatic nitrogens is 2. The first-order valence-corrected chi connectivity index (χ1v) is 7.54. The molecule has 1 aromatic heterocycles. The predicted molar refractivity (Wildman–Crippen MR) is 87.2 cm³/mol. The maximum absolute atomic E-state index is 4.28. The third kappa shape index (κ3) is 3.70. The van der Waals surface area contributed by atoms with Gasteiger partial charge in [-0.25, -0.2) is 9.97 Å². The topological polar surface area (TPSA) is 49.8 Å². The maximum Gasteiger partial charge on any atom is 0.145 e. The summed E-state index contributed by atoms with van der Waals surface area (Å²) in [6.45, 7) is 5.89. The third-order valence-electron chi connectivity index (χ3n) is 3.08. The highest BCUT2D eigenvalue weighted by Gasteiger charge is 2.10. The summed E-state index contributed by atoms with van der Waals surface area (Å²) in [6, 6.07) is 10.5. The third-order valence-corrected chi connectivity index (χ3v) is 3.83. The second-order valence-electron chi connectivity index (χ2n) is 4.61. The number of halogens is 1. The van der Waals surface area contributed by atoms with Gasteiger partial charge in [0.05, 0.1) is 0 Å². The van der Waals surface area contributed by atoms with Gasteiger partial charge in [0.1, 0.15) is 22.4 Å². The van der Waals surface area contributed by atoms with Crippen LogP contribution in [0.2, 0.25) is 0 Å². The Morgan fingerprint density at radius 1 is 1.10 bits per heavy atom. The van der Waals surface area contributed by atoms with Crippen LogP contribution in [0.1, 0.15) is 25.3 Å². The first kappa shape index (κ1) is 14.8. The molecule has 2 rings (SSSR count). The Balaban J connectivity index is 2.02. The summed E-state index contributed by atoms with van der Waals surface area (Å²) in [6.07, 6.45) is 1.57. The molecule has 0 spiro atoms. The van der Waals surface area contributed by atoms with Crippen molar-refractivity contribution in [3.05, 3.63) is 46.7 Å². The van der Waals surface area contributed by atoms with Crippen molar-refractivity contribution in [1.29, 1.82) is 0 Å². The van der Waals surface area contributed by atoms with Crippen molar-refractivity contribution in [1.82, 2.24) is 9.97 Å². The van der Waals surface area contributed by atoms with Crippen molar-refractivity contribution in [2.24, 2.45) is 0 Å². The van der Waals surface area contributed by atoms with Gasteiger partial charge in [-0.05, 0) is 34.3 Å². The molecule has 1 unspecified atom stereocenters. The molecule has 0 amide bonds. The molecular weight excluding hydrogens is 316 g/mol. The zero-order valence-electron chi connectivity index (χ0n) is 11.7. The number of benzene rings is 1. The molecular formula is C15H19BrN4. The van der Waals surface area contributed by atoms with Gasteiger partial charge in [-0.2, -0.15) is 0 Å². The summed E-state index contributed by atoms with van der Waals surface area (Å²) in [5.74, 6) is 2.05. The van der Waals surface area contributed by atoms with E-state index < -0.39 is 0 Å². The van der Waals surface area contributed by atoms with Crippen LogP contribution < -0.4 is 10.6 Å². The Morgan fingerprint density at radius 2 is 1.75 bits per heavy atom. The minimum Gasteiger partial charge on any atom is -0.369 e. The van der Waals surface area contributed by atoms with Crippen molar-refractivity contribution < 1.29 is 0 Å². The molecule has 2 N–H and O–H groups in total. The van der Waals surface area contributed by atoms with Gasteiger partial charge in [-0.15, -0.1) is 0 Å². The van der Waals surface area contributed by atoms with E-state index in [1.807, 2.05) is 13.0 Å². The number of anilines is 2. The van der Waals surface area contributed by atoms with Gasteiger partial charge in [-0.1, -0.05) is 37.3 Å². The van der Waals surface area contributed by atoms with Crippen molar-refractivity contribution in [2.45, 2.75) is 19.8 Å². The highest BCUT2D eigenvalue weighted by atomic mass is 79.9. The van der Waals surface area contributed by atoms with E-state index in [0.717, 1.165) is 29.2 Å². The molecule has 0 aliphatic rings. The fourth-order valence-corrected chi connectivity index (χ4v) is 2.42. The van der Waals surface area contributed by atoms with E-state index in [9.17, 15) is 0 Å². The molecule has 0 radical (unpaired) electrons. The van der Waals surface area contributed by atoms with Crippen LogP contribution in [0.3, 0.4) is 0 Å². The molecule has 20 heavy (non-hydrogen) atoms. The standard InChI is InChI=1S/C15H19BrN4/c1-3-17-14-13(16)15(20-10-19-14)18-9-11(2)12-7-5-4-6-8-12/h4-8,10-11H,3,9H2,1-2H3,(H2,17,18,19,20). The van der Waals surface area contributed by atoms with Crippen LogP contribution in [0.15, 0.2) is 41.1 Å². The van der Waals surface area contributed by atoms with Crippen LogP contribution in [0.5, 0.6) is 0 Å². The molecule has 0 aliphatic carbocycles. The highest BCUT2D eigenvalue weighted by molar-refractivity contribution is 9.10. The molecule has 1 heterocycles. The number of hydrogen-bond donors (Lipinski definition) is 2. The van der Waals surface area contributed by atoms with Crippen LogP contribution in [-0.4, -0.2) is 23.1 Å².